The number of hydrogen-bond acceptors (Lipinski definition) is 5. The van der Waals surface area contributed by atoms with Crippen LogP contribution in [0.1, 0.15) is 31.8 Å². The predicted molar refractivity (Wildman–Crippen MR) is 108 cm³/mol. The maximum absolute atomic E-state index is 13.3. The summed E-state index contributed by atoms with van der Waals surface area (Å²) < 4.78 is 0. The Morgan fingerprint density at radius 2 is 1.46 bits per heavy atom. The number of nitrogens with zero attached hydrogens (tertiary/aromatic N) is 2. The van der Waals surface area contributed by atoms with Crippen molar-refractivity contribution in [3.8, 4) is 0 Å². The molecule has 6 heteroatoms. The molecule has 2 N–H and O–H groups in total. The van der Waals surface area contributed by atoms with Gasteiger partial charge in [-0.1, -0.05) is 18.2 Å². The van der Waals surface area contributed by atoms with Gasteiger partial charge in [-0.2, -0.15) is 0 Å². The van der Waals surface area contributed by atoms with Crippen LogP contribution in [-0.2, 0) is 13.2 Å². The lowest BCUT2D eigenvalue weighted by molar-refractivity contribution is 0.0893. The number of imide groups is 1. The van der Waals surface area contributed by atoms with E-state index in [2.05, 4.69) is 0 Å². The highest BCUT2D eigenvalue weighted by atomic mass is 16.3. The topological polar surface area (TPSA) is 81.1 Å². The maximum Gasteiger partial charge on any atom is 0.265 e. The Balaban J connectivity index is 1.95. The lowest BCUT2D eigenvalue weighted by atomic mass is 9.92. The third-order valence-electron chi connectivity index (χ3n) is 5.03. The van der Waals surface area contributed by atoms with Crippen LogP contribution < -0.4 is 9.80 Å². The molecular weight excluding hydrogens is 356 g/mol. The molecule has 28 heavy (non-hydrogen) atoms. The van der Waals surface area contributed by atoms with Crippen molar-refractivity contribution in [2.24, 2.45) is 0 Å². The number of aliphatic hydroxyl groups is 2. The van der Waals surface area contributed by atoms with Crippen molar-refractivity contribution in [1.29, 1.82) is 0 Å². The Morgan fingerprint density at radius 1 is 0.857 bits per heavy atom. The van der Waals surface area contributed by atoms with E-state index >= 15 is 0 Å². The van der Waals surface area contributed by atoms with Gasteiger partial charge in [0.05, 0.1) is 18.9 Å². The monoisotopic (exact) mass is 376 g/mol. The normalized spacial score (nSPS) is 13.4. The Morgan fingerprint density at radius 3 is 2.04 bits per heavy atom. The maximum atomic E-state index is 13.3. The molecule has 2 amide bonds. The van der Waals surface area contributed by atoms with E-state index in [9.17, 15) is 19.8 Å². The van der Waals surface area contributed by atoms with Crippen LogP contribution in [0.5, 0.6) is 0 Å². The highest BCUT2D eigenvalue weighted by Crippen LogP contribution is 2.37. The summed E-state index contributed by atoms with van der Waals surface area (Å²) in [5.41, 5.74) is 3.22. The minimum Gasteiger partial charge on any atom is -0.392 e. The third-order valence-corrected chi connectivity index (χ3v) is 5.03. The summed E-state index contributed by atoms with van der Waals surface area (Å²) in [4.78, 5) is 29.6. The fourth-order valence-corrected chi connectivity index (χ4v) is 3.76. The van der Waals surface area contributed by atoms with Crippen LogP contribution in [-0.4, -0.2) is 36.1 Å². The van der Waals surface area contributed by atoms with Crippen LogP contribution in [0.15, 0.2) is 48.5 Å². The summed E-state index contributed by atoms with van der Waals surface area (Å²) in [6.45, 7) is -0.509. The molecule has 0 saturated carbocycles. The Bertz CT molecular complexity index is 1080. The fourth-order valence-electron chi connectivity index (χ4n) is 3.76. The van der Waals surface area contributed by atoms with Crippen LogP contribution in [0, 0.1) is 0 Å². The van der Waals surface area contributed by atoms with E-state index in [0.717, 1.165) is 16.0 Å². The highest BCUT2D eigenvalue weighted by Gasteiger charge is 2.34. The van der Waals surface area contributed by atoms with E-state index in [4.69, 9.17) is 0 Å². The molecule has 1 heterocycles. The number of carbonyl (C=O) groups is 2. The predicted octanol–water partition coefficient (Wildman–Crippen LogP) is 2.69. The SMILES string of the molecule is CN(C)c1ccc2c3c(cccc13)C(=O)N(c1cc(CO)cc(CO)c1)C2=O. The molecule has 0 spiro atoms. The van der Waals surface area contributed by atoms with Crippen molar-refractivity contribution in [3.63, 3.8) is 0 Å². The van der Waals surface area contributed by atoms with Gasteiger partial charge >= 0.3 is 0 Å². The van der Waals surface area contributed by atoms with E-state index in [1.54, 1.807) is 30.3 Å². The number of anilines is 2. The minimum atomic E-state index is -0.419. The van der Waals surface area contributed by atoms with Crippen molar-refractivity contribution in [2.45, 2.75) is 13.2 Å². The Hall–Kier alpha value is -3.22. The second-order valence-electron chi connectivity index (χ2n) is 7.02. The van der Waals surface area contributed by atoms with E-state index in [1.807, 2.05) is 37.2 Å². The second-order valence-corrected chi connectivity index (χ2v) is 7.02. The van der Waals surface area contributed by atoms with Gasteiger partial charge in [-0.05, 0) is 41.5 Å². The van der Waals surface area contributed by atoms with Crippen molar-refractivity contribution in [1.82, 2.24) is 0 Å². The largest absolute Gasteiger partial charge is 0.392 e. The Kier molecular flexibility index (Phi) is 4.37. The van der Waals surface area contributed by atoms with E-state index in [1.165, 1.54) is 0 Å². The molecule has 0 saturated heterocycles. The van der Waals surface area contributed by atoms with Gasteiger partial charge in [0.2, 0.25) is 0 Å². The molecule has 6 nitrogen and oxygen atoms in total. The van der Waals surface area contributed by atoms with Gasteiger partial charge in [-0.15, -0.1) is 0 Å². The number of carbonyl (C=O) groups excluding carboxylic acids is 2. The molecule has 0 bridgehead atoms. The van der Waals surface area contributed by atoms with E-state index < -0.39 is 11.8 Å². The lowest BCUT2D eigenvalue weighted by Gasteiger charge is -2.29. The Labute approximate surface area is 162 Å². The molecule has 0 fully saturated rings. The molecular formula is C22H20N2O4. The number of amides is 2. The quantitative estimate of drug-likeness (QED) is 0.685. The van der Waals surface area contributed by atoms with Crippen molar-refractivity contribution in [3.05, 3.63) is 70.8 Å². The van der Waals surface area contributed by atoms with Crippen LogP contribution >= 0.6 is 0 Å². The standard InChI is InChI=1S/C22H20N2O4/c1-23(2)19-7-6-18-20-16(19)4-3-5-17(20)21(27)24(22(18)28)15-9-13(11-25)8-14(10-15)12-26/h3-10,25-26H,11-12H2,1-2H3. The van der Waals surface area contributed by atoms with Crippen molar-refractivity contribution >= 4 is 34.0 Å². The van der Waals surface area contributed by atoms with E-state index in [-0.39, 0.29) is 13.2 Å². The molecule has 142 valence electrons. The first kappa shape index (κ1) is 18.2. The van der Waals surface area contributed by atoms with Gasteiger partial charge in [0.1, 0.15) is 0 Å². The average molecular weight is 376 g/mol. The number of aliphatic hydroxyl groups excluding tert-OH is 2. The zero-order valence-electron chi connectivity index (χ0n) is 15.6. The van der Waals surface area contributed by atoms with Gasteiger partial charge in [-0.25, -0.2) is 4.90 Å². The molecule has 1 aliphatic rings. The van der Waals surface area contributed by atoms with Gasteiger partial charge in [0.15, 0.2) is 0 Å². The van der Waals surface area contributed by atoms with Gasteiger partial charge in [-0.3, -0.25) is 9.59 Å². The summed E-state index contributed by atoms with van der Waals surface area (Å²) in [5.74, 6) is -0.837. The molecule has 1 aliphatic heterocycles. The summed E-state index contributed by atoms with van der Waals surface area (Å²) in [5, 5.41) is 20.5. The van der Waals surface area contributed by atoms with Crippen LogP contribution in [0.25, 0.3) is 10.8 Å². The molecule has 0 aliphatic carbocycles. The number of benzene rings is 3. The zero-order chi connectivity index (χ0) is 20.0. The number of hydrogen-bond donors (Lipinski definition) is 2. The van der Waals surface area contributed by atoms with Gasteiger partial charge in [0, 0.05) is 41.7 Å². The summed E-state index contributed by atoms with van der Waals surface area (Å²) in [6.07, 6.45) is 0. The molecule has 0 aromatic heterocycles. The first-order chi connectivity index (χ1) is 13.5. The summed E-state index contributed by atoms with van der Waals surface area (Å²) >= 11 is 0. The van der Waals surface area contributed by atoms with Crippen molar-refractivity contribution in [2.75, 3.05) is 23.9 Å². The molecule has 0 atom stereocenters. The van der Waals surface area contributed by atoms with Gasteiger partial charge < -0.3 is 15.1 Å². The third kappa shape index (κ3) is 2.66. The molecule has 0 unspecified atom stereocenters. The second kappa shape index (κ2) is 6.74. The zero-order valence-corrected chi connectivity index (χ0v) is 15.6. The molecule has 0 radical (unpaired) electrons. The summed E-state index contributed by atoms with van der Waals surface area (Å²) in [6, 6.07) is 13.9. The minimum absolute atomic E-state index is 0.255. The molecule has 4 rings (SSSR count). The fraction of sp³-hybridized carbons (Fsp3) is 0.182. The lowest BCUT2D eigenvalue weighted by Crippen LogP contribution is -2.40. The van der Waals surface area contributed by atoms with Gasteiger partial charge in [0.25, 0.3) is 11.8 Å². The summed E-state index contributed by atoms with van der Waals surface area (Å²) in [7, 11) is 3.83. The first-order valence-electron chi connectivity index (χ1n) is 8.92. The average Bonchev–Trinajstić information content (AvgIpc) is 2.71. The first-order valence-corrected chi connectivity index (χ1v) is 8.92. The van der Waals surface area contributed by atoms with Crippen LogP contribution in [0.4, 0.5) is 11.4 Å². The molecule has 3 aromatic rings. The van der Waals surface area contributed by atoms with E-state index in [0.29, 0.717) is 33.3 Å². The van der Waals surface area contributed by atoms with Crippen LogP contribution in [0.2, 0.25) is 0 Å². The molecule has 3 aromatic carbocycles. The smallest absolute Gasteiger partial charge is 0.265 e. The number of rotatable bonds is 4. The van der Waals surface area contributed by atoms with Crippen molar-refractivity contribution < 1.29 is 19.8 Å². The highest BCUT2D eigenvalue weighted by molar-refractivity contribution is 6.36. The van der Waals surface area contributed by atoms with Crippen LogP contribution in [0.3, 0.4) is 0 Å².